The summed E-state index contributed by atoms with van der Waals surface area (Å²) in [4.78, 5) is 8.22. The minimum Gasteiger partial charge on any atom is -0.436 e. The first-order chi connectivity index (χ1) is 9.67. The Kier molecular flexibility index (Phi) is 3.31. The summed E-state index contributed by atoms with van der Waals surface area (Å²) in [6.45, 7) is 0. The largest absolute Gasteiger partial charge is 0.436 e. The first-order valence-electron chi connectivity index (χ1n) is 5.48. The van der Waals surface area contributed by atoms with Crippen molar-refractivity contribution < 1.29 is 4.74 Å². The van der Waals surface area contributed by atoms with E-state index in [0.717, 1.165) is 0 Å². The summed E-state index contributed by atoms with van der Waals surface area (Å²) in [5, 5.41) is 8.10. The number of nitrogens with two attached hydrogens (primary N) is 1. The van der Waals surface area contributed by atoms with E-state index in [1.165, 1.54) is 0 Å². The van der Waals surface area contributed by atoms with Crippen molar-refractivity contribution in [1.82, 2.24) is 20.2 Å². The van der Waals surface area contributed by atoms with Crippen LogP contribution in [0, 0.1) is 0 Å². The lowest BCUT2D eigenvalue weighted by Crippen LogP contribution is -2.10. The molecule has 0 bridgehead atoms. The van der Waals surface area contributed by atoms with Crippen molar-refractivity contribution in [2.24, 2.45) is 5.84 Å². The van der Waals surface area contributed by atoms with Gasteiger partial charge in [-0.3, -0.25) is 10.5 Å². The van der Waals surface area contributed by atoms with Gasteiger partial charge in [-0.15, -0.1) is 0 Å². The highest BCUT2D eigenvalue weighted by Crippen LogP contribution is 2.33. The van der Waals surface area contributed by atoms with Crippen LogP contribution in [0.1, 0.15) is 0 Å². The maximum absolute atomic E-state index is 6.05. The van der Waals surface area contributed by atoms with E-state index in [4.69, 9.17) is 33.8 Å². The molecule has 3 aromatic rings. The lowest BCUT2D eigenvalue weighted by molar-refractivity contribution is 0.469. The summed E-state index contributed by atoms with van der Waals surface area (Å²) >= 11 is 12.0. The van der Waals surface area contributed by atoms with Gasteiger partial charge in [0.2, 0.25) is 11.8 Å². The quantitative estimate of drug-likeness (QED) is 0.508. The average molecular weight is 311 g/mol. The fourth-order valence-electron chi connectivity index (χ4n) is 1.61. The standard InChI is InChI=1S/C11H8Cl2N6O/c12-5-1-2-7(13)8(3-5)20-10-6-4-15-19-9(6)16-11(17-10)18-14/h1-4H,14H2,(H2,15,16,17,18,19). The smallest absolute Gasteiger partial charge is 0.242 e. The van der Waals surface area contributed by atoms with Crippen LogP contribution in [0.15, 0.2) is 24.4 Å². The van der Waals surface area contributed by atoms with E-state index in [2.05, 4.69) is 25.6 Å². The Morgan fingerprint density at radius 1 is 1.25 bits per heavy atom. The highest BCUT2D eigenvalue weighted by atomic mass is 35.5. The van der Waals surface area contributed by atoms with Crippen LogP contribution < -0.4 is 16.0 Å². The molecule has 0 amide bonds. The Bertz CT molecular complexity index is 775. The van der Waals surface area contributed by atoms with Gasteiger partial charge in [-0.05, 0) is 12.1 Å². The van der Waals surface area contributed by atoms with Gasteiger partial charge in [-0.25, -0.2) is 5.84 Å². The molecule has 20 heavy (non-hydrogen) atoms. The first-order valence-corrected chi connectivity index (χ1v) is 6.23. The number of rotatable bonds is 3. The van der Waals surface area contributed by atoms with Gasteiger partial charge in [0.05, 0.1) is 11.2 Å². The molecule has 0 unspecified atom stereocenters. The summed E-state index contributed by atoms with van der Waals surface area (Å²) < 4.78 is 5.68. The lowest BCUT2D eigenvalue weighted by atomic mass is 10.3. The molecule has 1 aromatic carbocycles. The Morgan fingerprint density at radius 3 is 2.90 bits per heavy atom. The molecule has 3 rings (SSSR count). The summed E-state index contributed by atoms with van der Waals surface area (Å²) in [5.41, 5.74) is 2.84. The van der Waals surface area contributed by atoms with Crippen LogP contribution in [0.25, 0.3) is 11.0 Å². The normalized spacial score (nSPS) is 10.8. The molecular formula is C11H8Cl2N6O. The number of nitrogens with zero attached hydrogens (tertiary/aromatic N) is 3. The molecule has 2 heterocycles. The molecule has 0 spiro atoms. The van der Waals surface area contributed by atoms with E-state index in [1.54, 1.807) is 24.4 Å². The number of aromatic amines is 1. The van der Waals surface area contributed by atoms with Gasteiger partial charge in [0.1, 0.15) is 11.1 Å². The zero-order valence-electron chi connectivity index (χ0n) is 9.89. The summed E-state index contributed by atoms with van der Waals surface area (Å²) in [7, 11) is 0. The SMILES string of the molecule is NNc1nc(Oc2cc(Cl)ccc2Cl)c2cn[nH]c2n1. The van der Waals surface area contributed by atoms with Crippen LogP contribution in [0.4, 0.5) is 5.95 Å². The Morgan fingerprint density at radius 2 is 2.10 bits per heavy atom. The molecule has 7 nitrogen and oxygen atoms in total. The van der Waals surface area contributed by atoms with E-state index in [9.17, 15) is 0 Å². The van der Waals surface area contributed by atoms with E-state index >= 15 is 0 Å². The van der Waals surface area contributed by atoms with Crippen LogP contribution in [-0.4, -0.2) is 20.2 Å². The molecule has 9 heteroatoms. The number of halogens is 2. The van der Waals surface area contributed by atoms with Crippen LogP contribution in [0.3, 0.4) is 0 Å². The predicted molar refractivity (Wildman–Crippen MR) is 76.0 cm³/mol. The van der Waals surface area contributed by atoms with Crippen molar-refractivity contribution in [3.05, 3.63) is 34.4 Å². The zero-order chi connectivity index (χ0) is 14.1. The molecule has 2 aromatic heterocycles. The van der Waals surface area contributed by atoms with Gasteiger partial charge < -0.3 is 4.74 Å². The molecule has 0 radical (unpaired) electrons. The van der Waals surface area contributed by atoms with E-state index in [0.29, 0.717) is 26.8 Å². The molecule has 0 aliphatic heterocycles. The maximum atomic E-state index is 6.05. The number of fused-ring (bicyclic) bond motifs is 1. The van der Waals surface area contributed by atoms with Crippen LogP contribution in [0.2, 0.25) is 10.0 Å². The second-order valence-corrected chi connectivity index (χ2v) is 4.65. The van der Waals surface area contributed by atoms with Gasteiger partial charge in [0, 0.05) is 11.1 Å². The highest BCUT2D eigenvalue weighted by molar-refractivity contribution is 6.34. The molecule has 0 fully saturated rings. The number of anilines is 1. The molecule has 0 saturated heterocycles. The average Bonchev–Trinajstić information content (AvgIpc) is 2.91. The summed E-state index contributed by atoms with van der Waals surface area (Å²) in [5.74, 6) is 6.15. The van der Waals surface area contributed by atoms with E-state index in [1.807, 2.05) is 0 Å². The number of hydrogen-bond donors (Lipinski definition) is 3. The van der Waals surface area contributed by atoms with Gasteiger partial charge in [0.15, 0.2) is 5.65 Å². The van der Waals surface area contributed by atoms with Crippen molar-refractivity contribution in [3.8, 4) is 11.6 Å². The maximum Gasteiger partial charge on any atom is 0.242 e. The number of nitrogen functional groups attached to an aromatic ring is 1. The van der Waals surface area contributed by atoms with Crippen LogP contribution in [-0.2, 0) is 0 Å². The van der Waals surface area contributed by atoms with Gasteiger partial charge in [-0.2, -0.15) is 15.1 Å². The number of nitrogens with one attached hydrogen (secondary N) is 2. The zero-order valence-corrected chi connectivity index (χ0v) is 11.4. The minimum absolute atomic E-state index is 0.190. The van der Waals surface area contributed by atoms with Crippen molar-refractivity contribution in [2.45, 2.75) is 0 Å². The highest BCUT2D eigenvalue weighted by Gasteiger charge is 2.13. The number of hydrogen-bond acceptors (Lipinski definition) is 6. The van der Waals surface area contributed by atoms with Crippen molar-refractivity contribution in [1.29, 1.82) is 0 Å². The number of ether oxygens (including phenoxy) is 1. The van der Waals surface area contributed by atoms with E-state index in [-0.39, 0.29) is 11.8 Å². The molecule has 0 atom stereocenters. The summed E-state index contributed by atoms with van der Waals surface area (Å²) in [6.07, 6.45) is 1.55. The number of benzene rings is 1. The fraction of sp³-hybridized carbons (Fsp3) is 0. The monoisotopic (exact) mass is 310 g/mol. The first kappa shape index (κ1) is 12.9. The lowest BCUT2D eigenvalue weighted by Gasteiger charge is -2.08. The molecule has 0 aliphatic carbocycles. The fourth-order valence-corrected chi connectivity index (χ4v) is 1.93. The number of hydrazine groups is 1. The van der Waals surface area contributed by atoms with Crippen LogP contribution >= 0.6 is 23.2 Å². The molecule has 4 N–H and O–H groups in total. The van der Waals surface area contributed by atoms with Gasteiger partial charge in [-0.1, -0.05) is 23.2 Å². The summed E-state index contributed by atoms with van der Waals surface area (Å²) in [6, 6.07) is 4.89. The van der Waals surface area contributed by atoms with Crippen LogP contribution in [0.5, 0.6) is 11.6 Å². The third-order valence-corrected chi connectivity index (χ3v) is 3.05. The minimum atomic E-state index is 0.190. The third kappa shape index (κ3) is 2.34. The van der Waals surface area contributed by atoms with Gasteiger partial charge >= 0.3 is 0 Å². The number of H-pyrrole nitrogens is 1. The topological polar surface area (TPSA) is 102 Å². The van der Waals surface area contributed by atoms with Crippen molar-refractivity contribution in [2.75, 3.05) is 5.43 Å². The third-order valence-electron chi connectivity index (χ3n) is 2.50. The Labute approximate surface area is 123 Å². The molecule has 0 saturated carbocycles. The molecule has 0 aliphatic rings. The second kappa shape index (κ2) is 5.12. The number of aromatic nitrogens is 4. The van der Waals surface area contributed by atoms with Crippen molar-refractivity contribution in [3.63, 3.8) is 0 Å². The molecule has 102 valence electrons. The molecular weight excluding hydrogens is 303 g/mol. The van der Waals surface area contributed by atoms with E-state index < -0.39 is 0 Å². The van der Waals surface area contributed by atoms with Crippen molar-refractivity contribution >= 4 is 40.2 Å². The Balaban J connectivity index is 2.09. The predicted octanol–water partition coefficient (Wildman–Crippen LogP) is 2.74. The Hall–Kier alpha value is -2.09. The van der Waals surface area contributed by atoms with Gasteiger partial charge in [0.25, 0.3) is 0 Å². The second-order valence-electron chi connectivity index (χ2n) is 3.81.